The number of rotatable bonds is 8. The highest BCUT2D eigenvalue weighted by Crippen LogP contribution is 2.31. The van der Waals surface area contributed by atoms with Crippen LogP contribution in [0.3, 0.4) is 0 Å². The van der Waals surface area contributed by atoms with E-state index in [1.807, 2.05) is 60.7 Å². The van der Waals surface area contributed by atoms with Crippen molar-refractivity contribution in [2.75, 3.05) is 24.9 Å². The van der Waals surface area contributed by atoms with Crippen molar-refractivity contribution in [3.8, 4) is 23.0 Å². The van der Waals surface area contributed by atoms with E-state index in [0.717, 1.165) is 11.4 Å². The average Bonchev–Trinajstić information content (AvgIpc) is 3.33. The van der Waals surface area contributed by atoms with Gasteiger partial charge in [0, 0.05) is 23.0 Å². The molecule has 0 saturated carbocycles. The van der Waals surface area contributed by atoms with Crippen molar-refractivity contribution < 1.29 is 18.7 Å². The van der Waals surface area contributed by atoms with Crippen LogP contribution in [-0.2, 0) is 4.79 Å². The minimum atomic E-state index is -0.102. The molecule has 32 heavy (non-hydrogen) atoms. The minimum absolute atomic E-state index is 0.102. The van der Waals surface area contributed by atoms with E-state index in [9.17, 15) is 4.79 Å². The standard InChI is InChI=1S/C24H21N3O4S/c1-29-20-13-17(14-21(15-20)30-2)23-25-26-24(31-23)32-16-22(28)27(18-9-5-3-6-10-18)19-11-7-4-8-12-19/h3-15H,16H2,1-2H3. The molecule has 0 aliphatic carbocycles. The Morgan fingerprint density at radius 3 is 1.97 bits per heavy atom. The second kappa shape index (κ2) is 10.0. The molecule has 0 saturated heterocycles. The van der Waals surface area contributed by atoms with E-state index in [1.165, 1.54) is 11.8 Å². The number of hydrogen-bond acceptors (Lipinski definition) is 7. The lowest BCUT2D eigenvalue weighted by Crippen LogP contribution is -2.27. The summed E-state index contributed by atoms with van der Waals surface area (Å²) in [5.41, 5.74) is 2.25. The summed E-state index contributed by atoms with van der Waals surface area (Å²) in [6.07, 6.45) is 0. The number of thioether (sulfide) groups is 1. The third-order valence-corrected chi connectivity index (χ3v) is 5.41. The number of hydrogen-bond donors (Lipinski definition) is 0. The normalized spacial score (nSPS) is 10.6. The maximum absolute atomic E-state index is 13.1. The van der Waals surface area contributed by atoms with Crippen LogP contribution in [0.2, 0.25) is 0 Å². The number of nitrogens with zero attached hydrogens (tertiary/aromatic N) is 3. The molecule has 1 amide bonds. The number of amides is 1. The highest BCUT2D eigenvalue weighted by atomic mass is 32.2. The van der Waals surface area contributed by atoms with Gasteiger partial charge in [0.15, 0.2) is 0 Å². The van der Waals surface area contributed by atoms with Gasteiger partial charge in [-0.05, 0) is 36.4 Å². The molecule has 8 heteroatoms. The first-order valence-corrected chi connectivity index (χ1v) is 10.8. The molecule has 7 nitrogen and oxygen atoms in total. The van der Waals surface area contributed by atoms with Gasteiger partial charge in [-0.15, -0.1) is 10.2 Å². The Morgan fingerprint density at radius 2 is 1.44 bits per heavy atom. The average molecular weight is 448 g/mol. The lowest BCUT2D eigenvalue weighted by molar-refractivity contribution is -0.115. The van der Waals surface area contributed by atoms with Gasteiger partial charge in [-0.2, -0.15) is 0 Å². The number of ether oxygens (including phenoxy) is 2. The SMILES string of the molecule is COc1cc(OC)cc(-c2nnc(SCC(=O)N(c3ccccc3)c3ccccc3)o2)c1. The fraction of sp³-hybridized carbons (Fsp3) is 0.125. The van der Waals surface area contributed by atoms with Gasteiger partial charge in [0.2, 0.25) is 11.8 Å². The van der Waals surface area contributed by atoms with Gasteiger partial charge in [0.1, 0.15) is 11.5 Å². The predicted octanol–water partition coefficient (Wildman–Crippen LogP) is 5.21. The maximum Gasteiger partial charge on any atom is 0.277 e. The predicted molar refractivity (Wildman–Crippen MR) is 124 cm³/mol. The Bertz CT molecular complexity index is 1120. The molecule has 3 aromatic carbocycles. The van der Waals surface area contributed by atoms with E-state index in [4.69, 9.17) is 13.9 Å². The number of anilines is 2. The molecular formula is C24H21N3O4S. The van der Waals surface area contributed by atoms with Crippen molar-refractivity contribution in [1.82, 2.24) is 10.2 Å². The Hall–Kier alpha value is -3.78. The van der Waals surface area contributed by atoms with E-state index in [0.29, 0.717) is 28.2 Å². The smallest absolute Gasteiger partial charge is 0.277 e. The van der Waals surface area contributed by atoms with Gasteiger partial charge >= 0.3 is 0 Å². The van der Waals surface area contributed by atoms with Crippen LogP contribution in [0.25, 0.3) is 11.5 Å². The van der Waals surface area contributed by atoms with Gasteiger partial charge in [0.25, 0.3) is 5.22 Å². The number of carbonyl (C=O) groups excluding carboxylic acids is 1. The zero-order valence-electron chi connectivity index (χ0n) is 17.6. The van der Waals surface area contributed by atoms with E-state index < -0.39 is 0 Å². The summed E-state index contributed by atoms with van der Waals surface area (Å²) in [7, 11) is 3.15. The Labute approximate surface area is 190 Å². The van der Waals surface area contributed by atoms with Crippen molar-refractivity contribution >= 4 is 29.0 Å². The van der Waals surface area contributed by atoms with E-state index in [2.05, 4.69) is 10.2 Å². The van der Waals surface area contributed by atoms with Crippen molar-refractivity contribution in [2.45, 2.75) is 5.22 Å². The number of methoxy groups -OCH3 is 2. The first-order valence-electron chi connectivity index (χ1n) is 9.80. The van der Waals surface area contributed by atoms with E-state index >= 15 is 0 Å². The van der Waals surface area contributed by atoms with Crippen molar-refractivity contribution in [1.29, 1.82) is 0 Å². The lowest BCUT2D eigenvalue weighted by atomic mass is 10.2. The number of aromatic nitrogens is 2. The molecule has 4 aromatic rings. The molecule has 0 fully saturated rings. The van der Waals surface area contributed by atoms with Gasteiger partial charge in [-0.25, -0.2) is 0 Å². The molecule has 162 valence electrons. The van der Waals surface area contributed by atoms with Gasteiger partial charge < -0.3 is 13.9 Å². The lowest BCUT2D eigenvalue weighted by Gasteiger charge is -2.22. The van der Waals surface area contributed by atoms with Crippen LogP contribution in [0, 0.1) is 0 Å². The molecule has 4 rings (SSSR count). The third kappa shape index (κ3) is 4.92. The second-order valence-corrected chi connectivity index (χ2v) is 7.59. The Morgan fingerprint density at radius 1 is 0.875 bits per heavy atom. The van der Waals surface area contributed by atoms with Crippen molar-refractivity contribution in [2.24, 2.45) is 0 Å². The molecule has 0 aliphatic heterocycles. The second-order valence-electron chi connectivity index (χ2n) is 6.66. The first-order chi connectivity index (χ1) is 15.7. The topological polar surface area (TPSA) is 77.7 Å². The minimum Gasteiger partial charge on any atom is -0.497 e. The molecule has 1 aromatic heterocycles. The first kappa shape index (κ1) is 21.5. The van der Waals surface area contributed by atoms with Crippen LogP contribution >= 0.6 is 11.8 Å². The summed E-state index contributed by atoms with van der Waals surface area (Å²) in [6.45, 7) is 0. The van der Waals surface area contributed by atoms with Crippen LogP contribution in [0.5, 0.6) is 11.5 Å². The van der Waals surface area contributed by atoms with Gasteiger partial charge in [0.05, 0.1) is 20.0 Å². The summed E-state index contributed by atoms with van der Waals surface area (Å²) in [5.74, 6) is 1.58. The van der Waals surface area contributed by atoms with Crippen LogP contribution in [-0.4, -0.2) is 36.1 Å². The van der Waals surface area contributed by atoms with Crippen LogP contribution in [0.1, 0.15) is 0 Å². The summed E-state index contributed by atoms with van der Waals surface area (Å²) < 4.78 is 16.3. The molecule has 0 unspecified atom stereocenters. The largest absolute Gasteiger partial charge is 0.497 e. The van der Waals surface area contributed by atoms with Gasteiger partial charge in [-0.1, -0.05) is 48.2 Å². The van der Waals surface area contributed by atoms with Crippen LogP contribution in [0.15, 0.2) is 88.5 Å². The van der Waals surface area contributed by atoms with E-state index in [-0.39, 0.29) is 11.7 Å². The summed E-state index contributed by atoms with van der Waals surface area (Å²) in [4.78, 5) is 14.8. The third-order valence-electron chi connectivity index (χ3n) is 4.60. The molecule has 1 heterocycles. The Kier molecular flexibility index (Phi) is 6.72. The summed E-state index contributed by atoms with van der Waals surface area (Å²) in [6, 6.07) is 24.4. The van der Waals surface area contributed by atoms with Crippen molar-refractivity contribution in [3.05, 3.63) is 78.9 Å². The van der Waals surface area contributed by atoms with E-state index in [1.54, 1.807) is 37.3 Å². The zero-order chi connectivity index (χ0) is 22.3. The van der Waals surface area contributed by atoms with Crippen molar-refractivity contribution in [3.63, 3.8) is 0 Å². The molecular weight excluding hydrogens is 426 g/mol. The molecule has 0 spiro atoms. The number of benzene rings is 3. The fourth-order valence-corrected chi connectivity index (χ4v) is 3.71. The number of carbonyl (C=O) groups is 1. The molecule has 0 bridgehead atoms. The van der Waals surface area contributed by atoms with Gasteiger partial charge in [-0.3, -0.25) is 9.69 Å². The number of para-hydroxylation sites is 2. The maximum atomic E-state index is 13.1. The fourth-order valence-electron chi connectivity index (χ4n) is 3.09. The summed E-state index contributed by atoms with van der Waals surface area (Å²) >= 11 is 1.19. The molecule has 0 N–H and O–H groups in total. The zero-order valence-corrected chi connectivity index (χ0v) is 18.4. The quantitative estimate of drug-likeness (QED) is 0.343. The van der Waals surface area contributed by atoms with Crippen LogP contribution < -0.4 is 14.4 Å². The Balaban J connectivity index is 1.51. The summed E-state index contributed by atoms with van der Waals surface area (Å²) in [5, 5.41) is 8.48. The molecule has 0 aliphatic rings. The highest BCUT2D eigenvalue weighted by Gasteiger charge is 2.20. The highest BCUT2D eigenvalue weighted by molar-refractivity contribution is 7.99. The molecule has 0 atom stereocenters. The monoisotopic (exact) mass is 447 g/mol. The van der Waals surface area contributed by atoms with Crippen LogP contribution in [0.4, 0.5) is 11.4 Å². The molecule has 0 radical (unpaired) electrons.